The molecule has 1 heteroatoms. The van der Waals surface area contributed by atoms with Crippen LogP contribution in [0.3, 0.4) is 0 Å². The number of hydrogen-bond acceptors (Lipinski definition) is 1. The van der Waals surface area contributed by atoms with Gasteiger partial charge in [0, 0.05) is 0 Å². The van der Waals surface area contributed by atoms with Crippen molar-refractivity contribution in [3.8, 4) is 0 Å². The molecule has 0 aliphatic heterocycles. The molecular weight excluding hydrogens is 292 g/mol. The van der Waals surface area contributed by atoms with Gasteiger partial charge in [0.15, 0.2) is 0 Å². The van der Waals surface area contributed by atoms with Gasteiger partial charge < -0.3 is 0 Å². The van der Waals surface area contributed by atoms with Gasteiger partial charge in [-0.1, -0.05) is 43.7 Å². The zero-order valence-electron chi connectivity index (χ0n) is 15.8. The Hall–Kier alpha value is -1.63. The van der Waals surface area contributed by atoms with Crippen molar-refractivity contribution in [3.63, 3.8) is 0 Å². The first-order valence-electron chi connectivity index (χ1n) is 9.34. The molecule has 2 rings (SSSR count). The average Bonchev–Trinajstić information content (AvgIpc) is 2.48. The van der Waals surface area contributed by atoms with Crippen molar-refractivity contribution in [2.75, 3.05) is 0 Å². The van der Waals surface area contributed by atoms with E-state index in [4.69, 9.17) is 0 Å². The van der Waals surface area contributed by atoms with Gasteiger partial charge in [-0.15, -0.1) is 0 Å². The number of aldehydes is 1. The summed E-state index contributed by atoms with van der Waals surface area (Å²) in [4.78, 5) is 10.5. The molecule has 130 valence electrons. The van der Waals surface area contributed by atoms with Crippen LogP contribution < -0.4 is 0 Å². The fourth-order valence-corrected chi connectivity index (χ4v) is 3.87. The van der Waals surface area contributed by atoms with E-state index >= 15 is 0 Å². The molecule has 0 heterocycles. The highest BCUT2D eigenvalue weighted by Crippen LogP contribution is 2.44. The Morgan fingerprint density at radius 3 is 2.50 bits per heavy atom. The number of rotatable bonds is 4. The van der Waals surface area contributed by atoms with Gasteiger partial charge in [-0.25, -0.2) is 0 Å². The molecule has 24 heavy (non-hydrogen) atoms. The predicted molar refractivity (Wildman–Crippen MR) is 104 cm³/mol. The monoisotopic (exact) mass is 324 g/mol. The zero-order valence-corrected chi connectivity index (χ0v) is 15.8. The summed E-state index contributed by atoms with van der Waals surface area (Å²) in [5.74, 6) is 0. The third-order valence-corrected chi connectivity index (χ3v) is 5.43. The summed E-state index contributed by atoms with van der Waals surface area (Å²) in [5.41, 5.74) is 7.45. The average molecular weight is 325 g/mol. The third-order valence-electron chi connectivity index (χ3n) is 5.43. The standard InChI is InChI=1S/C23H32O/c1-18(14-16-24)9-7-10-19(2)21-12-6-5-11-20-13-8-15-23(3,4)22(20)17-21/h7,9-10,14,16-17H,5-6,8,11-13,15H2,1-4H3/b9-7+,18-14+,19-10+,21-17+. The first kappa shape index (κ1) is 18.7. The lowest BCUT2D eigenvalue weighted by atomic mass is 9.70. The van der Waals surface area contributed by atoms with Crippen LogP contribution in [0.1, 0.15) is 72.6 Å². The van der Waals surface area contributed by atoms with E-state index in [1.165, 1.54) is 56.1 Å². The van der Waals surface area contributed by atoms with E-state index < -0.39 is 0 Å². The fourth-order valence-electron chi connectivity index (χ4n) is 3.87. The van der Waals surface area contributed by atoms with E-state index in [-0.39, 0.29) is 0 Å². The first-order valence-corrected chi connectivity index (χ1v) is 9.34. The lowest BCUT2D eigenvalue weighted by Gasteiger charge is -2.35. The molecule has 0 amide bonds. The molecule has 0 aromatic heterocycles. The highest BCUT2D eigenvalue weighted by atomic mass is 16.1. The van der Waals surface area contributed by atoms with Crippen LogP contribution >= 0.6 is 0 Å². The molecule has 0 bridgehead atoms. The molecule has 0 saturated heterocycles. The lowest BCUT2D eigenvalue weighted by Crippen LogP contribution is -2.21. The summed E-state index contributed by atoms with van der Waals surface area (Å²) in [7, 11) is 0. The molecule has 0 fully saturated rings. The van der Waals surface area contributed by atoms with E-state index in [0.29, 0.717) is 5.41 Å². The Balaban J connectivity index is 2.30. The van der Waals surface area contributed by atoms with Crippen LogP contribution in [-0.4, -0.2) is 6.29 Å². The number of allylic oxidation sites excluding steroid dienone is 10. The highest BCUT2D eigenvalue weighted by Gasteiger charge is 2.29. The van der Waals surface area contributed by atoms with E-state index in [9.17, 15) is 4.79 Å². The number of carbonyl (C=O) groups excluding carboxylic acids is 1. The van der Waals surface area contributed by atoms with Crippen LogP contribution in [0.15, 0.2) is 58.2 Å². The van der Waals surface area contributed by atoms with Crippen molar-refractivity contribution in [1.82, 2.24) is 0 Å². The SMILES string of the molecule is CC(/C=C/C=C(C)/C1=C/C2=C(CCCC1)CCCC2(C)C)=C\C=O. The van der Waals surface area contributed by atoms with Gasteiger partial charge in [0.05, 0.1) is 0 Å². The maximum atomic E-state index is 10.5. The summed E-state index contributed by atoms with van der Waals surface area (Å²) < 4.78 is 0. The van der Waals surface area contributed by atoms with E-state index in [0.717, 1.165) is 11.9 Å². The fraction of sp³-hybridized carbons (Fsp3) is 0.522. The molecule has 0 saturated carbocycles. The minimum atomic E-state index is 0.315. The van der Waals surface area contributed by atoms with Gasteiger partial charge in [-0.2, -0.15) is 0 Å². The lowest BCUT2D eigenvalue weighted by molar-refractivity contribution is -0.104. The Kier molecular flexibility index (Phi) is 6.60. The maximum absolute atomic E-state index is 10.5. The van der Waals surface area contributed by atoms with Crippen molar-refractivity contribution >= 4 is 6.29 Å². The second kappa shape index (κ2) is 8.46. The first-order chi connectivity index (χ1) is 11.4. The largest absolute Gasteiger partial charge is 0.299 e. The Morgan fingerprint density at radius 1 is 1.04 bits per heavy atom. The van der Waals surface area contributed by atoms with Crippen LogP contribution in [0.5, 0.6) is 0 Å². The summed E-state index contributed by atoms with van der Waals surface area (Å²) >= 11 is 0. The number of carbonyl (C=O) groups is 1. The van der Waals surface area contributed by atoms with E-state index in [2.05, 4.69) is 39.0 Å². The topological polar surface area (TPSA) is 17.1 Å². The summed E-state index contributed by atoms with van der Waals surface area (Å²) in [6, 6.07) is 0. The second-order valence-electron chi connectivity index (χ2n) is 7.89. The van der Waals surface area contributed by atoms with Crippen molar-refractivity contribution < 1.29 is 4.79 Å². The molecule has 1 nitrogen and oxygen atoms in total. The minimum Gasteiger partial charge on any atom is -0.299 e. The summed E-state index contributed by atoms with van der Waals surface area (Å²) in [6.45, 7) is 8.98. The van der Waals surface area contributed by atoms with Crippen LogP contribution in [0.2, 0.25) is 0 Å². The van der Waals surface area contributed by atoms with E-state index in [1.54, 1.807) is 17.2 Å². The van der Waals surface area contributed by atoms with Gasteiger partial charge in [0.2, 0.25) is 0 Å². The minimum absolute atomic E-state index is 0.315. The van der Waals surface area contributed by atoms with Gasteiger partial charge in [0.25, 0.3) is 0 Å². The Labute approximate surface area is 147 Å². The molecule has 0 aromatic rings. The normalized spacial score (nSPS) is 24.9. The third kappa shape index (κ3) is 4.93. The molecule has 0 radical (unpaired) electrons. The molecule has 0 aromatic carbocycles. The van der Waals surface area contributed by atoms with Crippen LogP contribution in [0, 0.1) is 5.41 Å². The Bertz CT molecular complexity index is 620. The van der Waals surface area contributed by atoms with Gasteiger partial charge >= 0.3 is 0 Å². The molecule has 0 N–H and O–H groups in total. The maximum Gasteiger partial charge on any atom is 0.143 e. The summed E-state index contributed by atoms with van der Waals surface area (Å²) in [5, 5.41) is 0. The predicted octanol–water partition coefficient (Wildman–Crippen LogP) is 6.64. The molecule has 2 aliphatic rings. The summed E-state index contributed by atoms with van der Waals surface area (Å²) in [6.07, 6.45) is 20.2. The van der Waals surface area contributed by atoms with Gasteiger partial charge in [0.1, 0.15) is 6.29 Å². The Morgan fingerprint density at radius 2 is 1.75 bits per heavy atom. The quantitative estimate of drug-likeness (QED) is 0.322. The second-order valence-corrected chi connectivity index (χ2v) is 7.89. The molecule has 0 atom stereocenters. The van der Waals surface area contributed by atoms with E-state index in [1.807, 2.05) is 13.0 Å². The van der Waals surface area contributed by atoms with Crippen LogP contribution in [0.25, 0.3) is 0 Å². The highest BCUT2D eigenvalue weighted by molar-refractivity contribution is 5.67. The smallest absolute Gasteiger partial charge is 0.143 e. The molecular formula is C23H32O. The van der Waals surface area contributed by atoms with Gasteiger partial charge in [-0.3, -0.25) is 4.79 Å². The molecule has 0 unspecified atom stereocenters. The zero-order chi connectivity index (χ0) is 17.6. The number of hydrogen-bond donors (Lipinski definition) is 0. The van der Waals surface area contributed by atoms with Crippen LogP contribution in [0.4, 0.5) is 0 Å². The molecule has 0 spiro atoms. The van der Waals surface area contributed by atoms with Crippen LogP contribution in [-0.2, 0) is 4.79 Å². The van der Waals surface area contributed by atoms with Crippen molar-refractivity contribution in [1.29, 1.82) is 0 Å². The van der Waals surface area contributed by atoms with Crippen molar-refractivity contribution in [2.24, 2.45) is 5.41 Å². The van der Waals surface area contributed by atoms with Gasteiger partial charge in [-0.05, 0) is 92.6 Å². The molecule has 2 aliphatic carbocycles. The van der Waals surface area contributed by atoms with Crippen molar-refractivity contribution in [3.05, 3.63) is 58.2 Å². The van der Waals surface area contributed by atoms with Crippen molar-refractivity contribution in [2.45, 2.75) is 72.6 Å².